The Kier molecular flexibility index (Phi) is 5.22. The summed E-state index contributed by atoms with van der Waals surface area (Å²) >= 11 is 5.69. The van der Waals surface area contributed by atoms with Crippen LogP contribution in [0.25, 0.3) is 0 Å². The number of imide groups is 2. The molecule has 0 spiro atoms. The van der Waals surface area contributed by atoms with Crippen LogP contribution in [0.4, 0.5) is 14.5 Å². The molecule has 1 N–H and O–H groups in total. The van der Waals surface area contributed by atoms with Gasteiger partial charge in [0.05, 0.1) is 21.8 Å². The van der Waals surface area contributed by atoms with E-state index in [-0.39, 0.29) is 41.2 Å². The monoisotopic (exact) mass is 447 g/mol. The van der Waals surface area contributed by atoms with Crippen molar-refractivity contribution in [2.45, 2.75) is 25.4 Å². The fourth-order valence-corrected chi connectivity index (χ4v) is 4.00. The molecule has 1 fully saturated rings. The largest absolute Gasteiger partial charge is 0.367 e. The van der Waals surface area contributed by atoms with E-state index in [2.05, 4.69) is 5.32 Å². The van der Waals surface area contributed by atoms with Crippen LogP contribution in [0.5, 0.6) is 0 Å². The van der Waals surface area contributed by atoms with Crippen molar-refractivity contribution in [3.63, 3.8) is 0 Å². The highest BCUT2D eigenvalue weighted by atomic mass is 35.5. The Bertz CT molecular complexity index is 1150. The van der Waals surface area contributed by atoms with Gasteiger partial charge in [-0.3, -0.25) is 29.4 Å². The van der Waals surface area contributed by atoms with Crippen LogP contribution in [0.15, 0.2) is 30.3 Å². The van der Waals surface area contributed by atoms with E-state index >= 15 is 0 Å². The number of rotatable bonds is 4. The number of carbonyl (C=O) groups is 4. The number of carbonyl (C=O) groups excluding carboxylic acids is 4. The van der Waals surface area contributed by atoms with E-state index in [0.717, 1.165) is 11.0 Å². The Morgan fingerprint density at radius 1 is 1.10 bits per heavy atom. The van der Waals surface area contributed by atoms with Gasteiger partial charge < -0.3 is 4.90 Å². The fourth-order valence-electron chi connectivity index (χ4n) is 3.88. The van der Waals surface area contributed by atoms with E-state index in [0.29, 0.717) is 5.56 Å². The summed E-state index contributed by atoms with van der Waals surface area (Å²) in [6, 6.07) is 5.22. The lowest BCUT2D eigenvalue weighted by Crippen LogP contribution is -2.54. The maximum absolute atomic E-state index is 14.8. The SMILES string of the molecule is CN(Cc1ccc(Cl)c(F)c1)c1c(F)ccc2c1C(=O)N(C1CCC(=O)NC1=O)C2=O. The highest BCUT2D eigenvalue weighted by molar-refractivity contribution is 6.30. The van der Waals surface area contributed by atoms with E-state index in [1.54, 1.807) is 6.07 Å². The topological polar surface area (TPSA) is 86.8 Å². The zero-order valence-corrected chi connectivity index (χ0v) is 17.0. The number of hydrogen-bond donors (Lipinski definition) is 1. The van der Waals surface area contributed by atoms with Crippen LogP contribution in [0.3, 0.4) is 0 Å². The molecule has 0 bridgehead atoms. The molecule has 160 valence electrons. The molecule has 1 atom stereocenters. The smallest absolute Gasteiger partial charge is 0.264 e. The van der Waals surface area contributed by atoms with Crippen LogP contribution in [0.1, 0.15) is 39.1 Å². The van der Waals surface area contributed by atoms with Gasteiger partial charge >= 0.3 is 0 Å². The van der Waals surface area contributed by atoms with Crippen molar-refractivity contribution in [2.24, 2.45) is 0 Å². The third kappa shape index (κ3) is 3.54. The van der Waals surface area contributed by atoms with Crippen molar-refractivity contribution in [1.82, 2.24) is 10.2 Å². The van der Waals surface area contributed by atoms with Gasteiger partial charge in [-0.1, -0.05) is 17.7 Å². The van der Waals surface area contributed by atoms with Gasteiger partial charge in [-0.05, 0) is 36.2 Å². The summed E-state index contributed by atoms with van der Waals surface area (Å²) in [5.74, 6) is -4.18. The molecule has 0 radical (unpaired) electrons. The molecule has 0 saturated carbocycles. The lowest BCUT2D eigenvalue weighted by Gasteiger charge is -2.28. The Morgan fingerprint density at radius 2 is 1.84 bits per heavy atom. The summed E-state index contributed by atoms with van der Waals surface area (Å²) in [6.07, 6.45) is -0.0269. The normalized spacial score (nSPS) is 18.3. The van der Waals surface area contributed by atoms with Gasteiger partial charge in [0.25, 0.3) is 11.8 Å². The van der Waals surface area contributed by atoms with Gasteiger partial charge in [-0.2, -0.15) is 0 Å². The second kappa shape index (κ2) is 7.73. The summed E-state index contributed by atoms with van der Waals surface area (Å²) in [4.78, 5) is 51.8. The van der Waals surface area contributed by atoms with Crippen LogP contribution in [0.2, 0.25) is 5.02 Å². The molecule has 4 rings (SSSR count). The molecule has 1 unspecified atom stereocenters. The molecule has 10 heteroatoms. The van der Waals surface area contributed by atoms with Gasteiger partial charge in [-0.15, -0.1) is 0 Å². The Morgan fingerprint density at radius 3 is 2.52 bits per heavy atom. The van der Waals surface area contributed by atoms with Gasteiger partial charge in [0, 0.05) is 20.0 Å². The van der Waals surface area contributed by atoms with Crippen LogP contribution in [-0.2, 0) is 16.1 Å². The highest BCUT2D eigenvalue weighted by Crippen LogP contribution is 2.36. The molecule has 2 aromatic carbocycles. The Balaban J connectivity index is 1.70. The molecular formula is C21H16ClF2N3O4. The second-order valence-electron chi connectivity index (χ2n) is 7.37. The molecule has 31 heavy (non-hydrogen) atoms. The molecular weight excluding hydrogens is 432 g/mol. The van der Waals surface area contributed by atoms with Crippen molar-refractivity contribution in [3.8, 4) is 0 Å². The quantitative estimate of drug-likeness (QED) is 0.728. The summed E-state index contributed by atoms with van der Waals surface area (Å²) in [6.45, 7) is 0.0291. The van der Waals surface area contributed by atoms with E-state index in [1.165, 1.54) is 30.1 Å². The summed E-state index contributed by atoms with van der Waals surface area (Å²) in [5, 5.41) is 2.05. The van der Waals surface area contributed by atoms with Crippen molar-refractivity contribution >= 4 is 40.9 Å². The number of hydrogen-bond acceptors (Lipinski definition) is 5. The summed E-state index contributed by atoms with van der Waals surface area (Å²) in [5.41, 5.74) is 0.119. The highest BCUT2D eigenvalue weighted by Gasteiger charge is 2.46. The van der Waals surface area contributed by atoms with Crippen LogP contribution in [-0.4, -0.2) is 41.6 Å². The third-order valence-corrected chi connectivity index (χ3v) is 5.62. The number of halogens is 3. The number of nitrogens with zero attached hydrogens (tertiary/aromatic N) is 2. The first-order chi connectivity index (χ1) is 14.7. The number of nitrogens with one attached hydrogen (secondary N) is 1. The van der Waals surface area contributed by atoms with Crippen molar-refractivity contribution in [1.29, 1.82) is 0 Å². The van der Waals surface area contributed by atoms with E-state index < -0.39 is 41.3 Å². The van der Waals surface area contributed by atoms with Crippen molar-refractivity contribution in [3.05, 3.63) is 63.7 Å². The molecule has 2 aliphatic rings. The number of anilines is 1. The van der Waals surface area contributed by atoms with Crippen LogP contribution >= 0.6 is 11.6 Å². The van der Waals surface area contributed by atoms with Gasteiger partial charge in [0.2, 0.25) is 11.8 Å². The predicted molar refractivity (Wildman–Crippen MR) is 107 cm³/mol. The Hall–Kier alpha value is -3.33. The maximum atomic E-state index is 14.8. The lowest BCUT2D eigenvalue weighted by molar-refractivity contribution is -0.136. The Labute approximate surface area is 180 Å². The zero-order chi connectivity index (χ0) is 22.4. The molecule has 2 aromatic rings. The number of amides is 4. The van der Waals surface area contributed by atoms with Crippen molar-refractivity contribution in [2.75, 3.05) is 11.9 Å². The first-order valence-electron chi connectivity index (χ1n) is 9.38. The molecule has 1 saturated heterocycles. The number of benzene rings is 2. The minimum absolute atomic E-state index is 0.00611. The molecule has 0 aliphatic carbocycles. The average Bonchev–Trinajstić information content (AvgIpc) is 2.95. The van der Waals surface area contributed by atoms with Crippen LogP contribution in [0, 0.1) is 11.6 Å². The first kappa shape index (κ1) is 20.9. The molecule has 0 aromatic heterocycles. The number of piperidine rings is 1. The van der Waals surface area contributed by atoms with E-state index in [4.69, 9.17) is 11.6 Å². The second-order valence-corrected chi connectivity index (χ2v) is 7.78. The van der Waals surface area contributed by atoms with Gasteiger partial charge in [-0.25, -0.2) is 8.78 Å². The van der Waals surface area contributed by atoms with Gasteiger partial charge in [0.15, 0.2) is 0 Å². The minimum Gasteiger partial charge on any atom is -0.367 e. The minimum atomic E-state index is -1.16. The van der Waals surface area contributed by atoms with E-state index in [9.17, 15) is 28.0 Å². The third-order valence-electron chi connectivity index (χ3n) is 5.32. The number of fused-ring (bicyclic) bond motifs is 1. The fraction of sp³-hybridized carbons (Fsp3) is 0.238. The molecule has 2 aliphatic heterocycles. The maximum Gasteiger partial charge on any atom is 0.264 e. The molecule has 2 heterocycles. The van der Waals surface area contributed by atoms with E-state index in [1.807, 2.05) is 0 Å². The average molecular weight is 448 g/mol. The lowest BCUT2D eigenvalue weighted by atomic mass is 10.0. The predicted octanol–water partition coefficient (Wildman–Crippen LogP) is 2.66. The molecule has 7 nitrogen and oxygen atoms in total. The van der Waals surface area contributed by atoms with Crippen molar-refractivity contribution < 1.29 is 28.0 Å². The standard InChI is InChI=1S/C21H16ClF2N3O4/c1-26(9-10-2-4-12(22)14(24)8-10)18-13(23)5-3-11-17(18)21(31)27(20(11)30)15-6-7-16(28)25-19(15)29/h2-5,8,15H,6-7,9H2,1H3,(H,25,28,29). The van der Waals surface area contributed by atoms with Gasteiger partial charge in [0.1, 0.15) is 17.7 Å². The summed E-state index contributed by atoms with van der Waals surface area (Å²) in [7, 11) is 1.50. The zero-order valence-electron chi connectivity index (χ0n) is 16.2. The van der Waals surface area contributed by atoms with Crippen LogP contribution < -0.4 is 10.2 Å². The first-order valence-corrected chi connectivity index (χ1v) is 9.76. The molecule has 4 amide bonds. The summed E-state index contributed by atoms with van der Waals surface area (Å²) < 4.78 is 28.6.